The van der Waals surface area contributed by atoms with Gasteiger partial charge in [-0.3, -0.25) is 0 Å². The van der Waals surface area contributed by atoms with E-state index in [0.29, 0.717) is 18.0 Å². The Morgan fingerprint density at radius 1 is 1.43 bits per heavy atom. The highest BCUT2D eigenvalue weighted by atomic mass is 19.1. The molecule has 0 aliphatic rings. The van der Waals surface area contributed by atoms with E-state index < -0.39 is 5.82 Å². The number of benzene rings is 1. The second-order valence-electron chi connectivity index (χ2n) is 5.08. The average Bonchev–Trinajstić information content (AvgIpc) is 2.48. The summed E-state index contributed by atoms with van der Waals surface area (Å²) in [6.45, 7) is 3.55. The Kier molecular flexibility index (Phi) is 7.71. The van der Waals surface area contributed by atoms with Crippen molar-refractivity contribution in [3.63, 3.8) is 0 Å². The van der Waals surface area contributed by atoms with E-state index in [-0.39, 0.29) is 12.4 Å². The van der Waals surface area contributed by atoms with Crippen LogP contribution in [0.25, 0.3) is 0 Å². The maximum atomic E-state index is 13.3. The number of hydrogen-bond acceptors (Lipinski definition) is 4. The number of hydrogen-bond donors (Lipinski definition) is 4. The predicted molar refractivity (Wildman–Crippen MR) is 80.7 cm³/mol. The van der Waals surface area contributed by atoms with Crippen LogP contribution in [0, 0.1) is 11.7 Å². The lowest BCUT2D eigenvalue weighted by molar-refractivity contribution is 0.248. The Morgan fingerprint density at radius 2 is 2.19 bits per heavy atom. The molecule has 0 radical (unpaired) electrons. The molecule has 0 amide bonds. The number of nitrogens with one attached hydrogen (secondary N) is 1. The minimum atomic E-state index is -0.426. The van der Waals surface area contributed by atoms with Crippen molar-refractivity contribution < 1.29 is 14.7 Å². The van der Waals surface area contributed by atoms with Crippen molar-refractivity contribution in [2.45, 2.75) is 32.7 Å². The first kappa shape index (κ1) is 17.4. The zero-order valence-electron chi connectivity index (χ0n) is 12.3. The van der Waals surface area contributed by atoms with Crippen LogP contribution in [0.5, 0.6) is 0 Å². The number of aliphatic hydroxyl groups is 1. The molecule has 6 heteroatoms. The third-order valence-corrected chi connectivity index (χ3v) is 3.44. The van der Waals surface area contributed by atoms with Crippen molar-refractivity contribution in [1.82, 2.24) is 5.32 Å². The van der Waals surface area contributed by atoms with Crippen LogP contribution in [-0.2, 0) is 6.54 Å². The third-order valence-electron chi connectivity index (χ3n) is 3.44. The maximum absolute atomic E-state index is 13.3. The highest BCUT2D eigenvalue weighted by Gasteiger charge is 2.10. The second-order valence-corrected chi connectivity index (χ2v) is 5.08. The molecule has 0 saturated heterocycles. The maximum Gasteiger partial charge on any atom is 0.170 e. The largest absolute Gasteiger partial charge is 0.409 e. The van der Waals surface area contributed by atoms with Crippen molar-refractivity contribution in [3.8, 4) is 0 Å². The standard InChI is InChI=1S/C15H24FN3O2/c1-2-3-11(6-7-20)9-18-10-12-4-5-13(16)8-14(12)15(17)19-21/h4-5,8,11,18,20-21H,2-3,6-7,9-10H2,1H3,(H2,17,19). The number of amidine groups is 1. The molecule has 0 aliphatic carbocycles. The molecule has 0 fully saturated rings. The lowest BCUT2D eigenvalue weighted by atomic mass is 10.00. The van der Waals surface area contributed by atoms with Gasteiger partial charge in [-0.2, -0.15) is 0 Å². The first-order valence-electron chi connectivity index (χ1n) is 7.20. The number of oxime groups is 1. The number of rotatable bonds is 9. The minimum Gasteiger partial charge on any atom is -0.409 e. The third kappa shape index (κ3) is 5.69. The molecule has 0 aliphatic heterocycles. The molecule has 0 heterocycles. The first-order valence-corrected chi connectivity index (χ1v) is 7.20. The number of nitrogens with zero attached hydrogens (tertiary/aromatic N) is 1. The van der Waals surface area contributed by atoms with Gasteiger partial charge in [0.2, 0.25) is 0 Å². The molecule has 5 nitrogen and oxygen atoms in total. The fourth-order valence-corrected chi connectivity index (χ4v) is 2.35. The van der Waals surface area contributed by atoms with Gasteiger partial charge >= 0.3 is 0 Å². The molecule has 0 spiro atoms. The van der Waals surface area contributed by atoms with E-state index >= 15 is 0 Å². The SMILES string of the molecule is CCCC(CCO)CNCc1ccc(F)cc1/C(N)=N/O. The summed E-state index contributed by atoms with van der Waals surface area (Å²) >= 11 is 0. The van der Waals surface area contributed by atoms with Crippen molar-refractivity contribution in [2.24, 2.45) is 16.8 Å². The summed E-state index contributed by atoms with van der Waals surface area (Å²) in [4.78, 5) is 0. The molecule has 1 aromatic carbocycles. The molecule has 118 valence electrons. The van der Waals surface area contributed by atoms with Gasteiger partial charge in [0.05, 0.1) is 0 Å². The smallest absolute Gasteiger partial charge is 0.170 e. The van der Waals surface area contributed by atoms with Gasteiger partial charge in [0.15, 0.2) is 5.84 Å². The van der Waals surface area contributed by atoms with E-state index in [1.807, 2.05) is 0 Å². The van der Waals surface area contributed by atoms with Crippen LogP contribution >= 0.6 is 0 Å². The van der Waals surface area contributed by atoms with Gasteiger partial charge in [0.1, 0.15) is 5.82 Å². The van der Waals surface area contributed by atoms with Gasteiger partial charge in [0, 0.05) is 18.7 Å². The van der Waals surface area contributed by atoms with Crippen LogP contribution in [0.4, 0.5) is 4.39 Å². The van der Waals surface area contributed by atoms with Crippen LogP contribution in [0.3, 0.4) is 0 Å². The molecule has 0 aromatic heterocycles. The van der Waals surface area contributed by atoms with Crippen molar-refractivity contribution in [1.29, 1.82) is 0 Å². The quantitative estimate of drug-likeness (QED) is 0.242. The fourth-order valence-electron chi connectivity index (χ4n) is 2.35. The minimum absolute atomic E-state index is 0.105. The summed E-state index contributed by atoms with van der Waals surface area (Å²) in [5, 5.41) is 24.0. The summed E-state index contributed by atoms with van der Waals surface area (Å²) in [6.07, 6.45) is 2.87. The Bertz CT molecular complexity index is 460. The van der Waals surface area contributed by atoms with Crippen LogP contribution in [0.1, 0.15) is 37.3 Å². The van der Waals surface area contributed by atoms with Crippen molar-refractivity contribution in [2.75, 3.05) is 13.2 Å². The van der Waals surface area contributed by atoms with Gasteiger partial charge in [-0.1, -0.05) is 24.6 Å². The van der Waals surface area contributed by atoms with Gasteiger partial charge in [0.25, 0.3) is 0 Å². The van der Waals surface area contributed by atoms with Crippen LogP contribution in [0.15, 0.2) is 23.4 Å². The average molecular weight is 297 g/mol. The zero-order chi connectivity index (χ0) is 15.7. The van der Waals surface area contributed by atoms with E-state index in [0.717, 1.165) is 31.4 Å². The Labute approximate surface area is 124 Å². The molecule has 0 saturated carbocycles. The van der Waals surface area contributed by atoms with Gasteiger partial charge < -0.3 is 21.4 Å². The summed E-state index contributed by atoms with van der Waals surface area (Å²) < 4.78 is 13.3. The number of nitrogens with two attached hydrogens (primary N) is 1. The molecule has 1 unspecified atom stereocenters. The highest BCUT2D eigenvalue weighted by Crippen LogP contribution is 2.13. The normalized spacial score (nSPS) is 13.4. The predicted octanol–water partition coefficient (Wildman–Crippen LogP) is 1.81. The van der Waals surface area contributed by atoms with Gasteiger partial charge in [-0.05, 0) is 43.0 Å². The fraction of sp³-hybridized carbons (Fsp3) is 0.533. The molecule has 21 heavy (non-hydrogen) atoms. The Balaban J connectivity index is 2.66. The van der Waals surface area contributed by atoms with E-state index in [1.165, 1.54) is 12.1 Å². The van der Waals surface area contributed by atoms with Crippen LogP contribution in [-0.4, -0.2) is 29.3 Å². The van der Waals surface area contributed by atoms with E-state index in [4.69, 9.17) is 16.0 Å². The molecule has 1 aromatic rings. The highest BCUT2D eigenvalue weighted by molar-refractivity contribution is 5.98. The molecular formula is C15H24FN3O2. The van der Waals surface area contributed by atoms with Gasteiger partial charge in [-0.25, -0.2) is 4.39 Å². The van der Waals surface area contributed by atoms with Crippen molar-refractivity contribution in [3.05, 3.63) is 35.1 Å². The van der Waals surface area contributed by atoms with Crippen LogP contribution in [0.2, 0.25) is 0 Å². The molecule has 1 rings (SSSR count). The topological polar surface area (TPSA) is 90.9 Å². The lowest BCUT2D eigenvalue weighted by Gasteiger charge is -2.16. The first-order chi connectivity index (χ1) is 10.1. The van der Waals surface area contributed by atoms with Crippen LogP contribution < -0.4 is 11.1 Å². The van der Waals surface area contributed by atoms with Crippen molar-refractivity contribution >= 4 is 5.84 Å². The van der Waals surface area contributed by atoms with Gasteiger partial charge in [-0.15, -0.1) is 0 Å². The number of halogens is 1. The second kappa shape index (κ2) is 9.31. The van der Waals surface area contributed by atoms with E-state index in [9.17, 15) is 4.39 Å². The Hall–Kier alpha value is -1.66. The Morgan fingerprint density at radius 3 is 2.81 bits per heavy atom. The molecule has 5 N–H and O–H groups in total. The zero-order valence-corrected chi connectivity index (χ0v) is 12.3. The molecule has 0 bridgehead atoms. The summed E-state index contributed by atoms with van der Waals surface area (Å²) in [5.41, 5.74) is 6.72. The summed E-state index contributed by atoms with van der Waals surface area (Å²) in [7, 11) is 0. The summed E-state index contributed by atoms with van der Waals surface area (Å²) in [6, 6.07) is 4.22. The lowest BCUT2D eigenvalue weighted by Crippen LogP contribution is -2.25. The summed E-state index contributed by atoms with van der Waals surface area (Å²) in [5.74, 6) is -0.121. The van der Waals surface area contributed by atoms with E-state index in [2.05, 4.69) is 17.4 Å². The van der Waals surface area contributed by atoms with E-state index in [1.54, 1.807) is 6.07 Å². The molecular weight excluding hydrogens is 273 g/mol. The molecule has 1 atom stereocenters. The number of aliphatic hydroxyl groups excluding tert-OH is 1. The monoisotopic (exact) mass is 297 g/mol.